The van der Waals surface area contributed by atoms with Gasteiger partial charge in [0.15, 0.2) is 4.90 Å². The molecule has 0 aliphatic carbocycles. The van der Waals surface area contributed by atoms with E-state index < -0.39 is 26.6 Å². The highest BCUT2D eigenvalue weighted by atomic mass is 32.2. The summed E-state index contributed by atoms with van der Waals surface area (Å²) in [5.74, 6) is -2.17. The van der Waals surface area contributed by atoms with Crippen LogP contribution >= 0.6 is 0 Å². The first-order valence-electron chi connectivity index (χ1n) is 3.74. The van der Waals surface area contributed by atoms with E-state index in [1.807, 2.05) is 0 Å². The van der Waals surface area contributed by atoms with Crippen LogP contribution in [0.25, 0.3) is 0 Å². The molecule has 0 saturated carbocycles. The lowest BCUT2D eigenvalue weighted by molar-refractivity contribution is 0.484. The second kappa shape index (κ2) is 3.62. The molecule has 0 saturated heterocycles. The van der Waals surface area contributed by atoms with Crippen LogP contribution in [-0.2, 0) is 10.0 Å². The van der Waals surface area contributed by atoms with Gasteiger partial charge in [0.05, 0.1) is 0 Å². The fourth-order valence-electron chi connectivity index (χ4n) is 0.912. The molecule has 0 atom stereocenters. The van der Waals surface area contributed by atoms with Crippen LogP contribution in [0.4, 0.5) is 8.78 Å². The van der Waals surface area contributed by atoms with E-state index in [-0.39, 0.29) is 0 Å². The van der Waals surface area contributed by atoms with E-state index in [0.717, 1.165) is 22.5 Å². The minimum absolute atomic E-state index is 0.758. The standard InChI is InChI=1S/C8H9F2NO2S/c1-11(2)14(12,13)8-6(9)4-3-5-7(8)10/h3-5H,1-2H3. The van der Waals surface area contributed by atoms with Crippen molar-refractivity contribution in [2.45, 2.75) is 4.90 Å². The first-order valence-corrected chi connectivity index (χ1v) is 5.18. The van der Waals surface area contributed by atoms with Gasteiger partial charge in [-0.15, -0.1) is 0 Å². The number of rotatable bonds is 2. The SMILES string of the molecule is CN(C)S(=O)(=O)c1c(F)cccc1F. The van der Waals surface area contributed by atoms with Gasteiger partial charge in [-0.2, -0.15) is 0 Å². The van der Waals surface area contributed by atoms with Crippen LogP contribution in [0.1, 0.15) is 0 Å². The van der Waals surface area contributed by atoms with Gasteiger partial charge in [0.25, 0.3) is 0 Å². The third kappa shape index (κ3) is 1.76. The van der Waals surface area contributed by atoms with Gasteiger partial charge in [0, 0.05) is 14.1 Å². The molecule has 0 radical (unpaired) electrons. The Bertz CT molecular complexity index is 422. The molecule has 0 fully saturated rings. The van der Waals surface area contributed by atoms with Crippen molar-refractivity contribution in [2.24, 2.45) is 0 Å². The summed E-state index contributed by atoms with van der Waals surface area (Å²) in [5.41, 5.74) is 0. The van der Waals surface area contributed by atoms with Crippen molar-refractivity contribution in [3.63, 3.8) is 0 Å². The van der Waals surface area contributed by atoms with Crippen LogP contribution in [0, 0.1) is 11.6 Å². The molecule has 1 aromatic rings. The molecular weight excluding hydrogens is 212 g/mol. The quantitative estimate of drug-likeness (QED) is 0.752. The van der Waals surface area contributed by atoms with Crippen LogP contribution < -0.4 is 0 Å². The Hall–Kier alpha value is -1.01. The van der Waals surface area contributed by atoms with Crippen molar-refractivity contribution >= 4 is 10.0 Å². The summed E-state index contributed by atoms with van der Waals surface area (Å²) in [6.45, 7) is 0. The van der Waals surface area contributed by atoms with E-state index in [1.165, 1.54) is 14.1 Å². The topological polar surface area (TPSA) is 37.4 Å². The van der Waals surface area contributed by atoms with Crippen LogP contribution in [0.2, 0.25) is 0 Å². The van der Waals surface area contributed by atoms with E-state index in [2.05, 4.69) is 0 Å². The molecule has 78 valence electrons. The second-order valence-electron chi connectivity index (χ2n) is 2.84. The van der Waals surface area contributed by atoms with Gasteiger partial charge in [0.2, 0.25) is 10.0 Å². The van der Waals surface area contributed by atoms with E-state index in [0.29, 0.717) is 0 Å². The molecule has 0 bridgehead atoms. The number of nitrogens with zero attached hydrogens (tertiary/aromatic N) is 1. The van der Waals surface area contributed by atoms with Crippen molar-refractivity contribution < 1.29 is 17.2 Å². The fraction of sp³-hybridized carbons (Fsp3) is 0.250. The third-order valence-electron chi connectivity index (χ3n) is 1.66. The predicted molar refractivity (Wildman–Crippen MR) is 47.2 cm³/mol. The molecule has 1 aromatic carbocycles. The molecule has 0 aromatic heterocycles. The molecule has 0 heterocycles. The molecule has 0 unspecified atom stereocenters. The van der Waals surface area contributed by atoms with Crippen molar-refractivity contribution in [2.75, 3.05) is 14.1 Å². The first kappa shape index (κ1) is 11.1. The van der Waals surface area contributed by atoms with Gasteiger partial charge in [-0.25, -0.2) is 21.5 Å². The number of benzene rings is 1. The largest absolute Gasteiger partial charge is 0.248 e. The average molecular weight is 221 g/mol. The highest BCUT2D eigenvalue weighted by molar-refractivity contribution is 7.89. The Morgan fingerprint density at radius 2 is 1.57 bits per heavy atom. The molecule has 1 rings (SSSR count). The fourth-order valence-corrected chi connectivity index (χ4v) is 1.91. The van der Waals surface area contributed by atoms with E-state index in [1.54, 1.807) is 0 Å². The maximum Gasteiger partial charge on any atom is 0.248 e. The maximum atomic E-state index is 13.1. The summed E-state index contributed by atoms with van der Waals surface area (Å²) < 4.78 is 49.7. The Morgan fingerprint density at radius 1 is 1.14 bits per heavy atom. The van der Waals surface area contributed by atoms with Gasteiger partial charge in [0.1, 0.15) is 11.6 Å². The van der Waals surface area contributed by atoms with Gasteiger partial charge < -0.3 is 0 Å². The van der Waals surface area contributed by atoms with Crippen LogP contribution in [0.5, 0.6) is 0 Å². The minimum Gasteiger partial charge on any atom is -0.207 e. The maximum absolute atomic E-state index is 13.1. The van der Waals surface area contributed by atoms with Crippen molar-refractivity contribution in [1.29, 1.82) is 0 Å². The lowest BCUT2D eigenvalue weighted by atomic mass is 10.3. The second-order valence-corrected chi connectivity index (χ2v) is 4.93. The molecule has 0 aliphatic rings. The molecule has 0 N–H and O–H groups in total. The highest BCUT2D eigenvalue weighted by Crippen LogP contribution is 2.20. The predicted octanol–water partition coefficient (Wildman–Crippen LogP) is 1.22. The van der Waals surface area contributed by atoms with Gasteiger partial charge >= 0.3 is 0 Å². The Morgan fingerprint density at radius 3 is 1.93 bits per heavy atom. The van der Waals surface area contributed by atoms with Gasteiger partial charge in [-0.05, 0) is 12.1 Å². The molecule has 3 nitrogen and oxygen atoms in total. The number of hydrogen-bond acceptors (Lipinski definition) is 2. The van der Waals surface area contributed by atoms with E-state index in [9.17, 15) is 17.2 Å². The summed E-state index contributed by atoms with van der Waals surface area (Å²) in [5, 5.41) is 0. The van der Waals surface area contributed by atoms with Crippen molar-refractivity contribution in [3.8, 4) is 0 Å². The third-order valence-corrected chi connectivity index (χ3v) is 3.52. The molecule has 0 aliphatic heterocycles. The average Bonchev–Trinajstić information content (AvgIpc) is 2.02. The summed E-state index contributed by atoms with van der Waals surface area (Å²) in [4.78, 5) is -0.912. The van der Waals surface area contributed by atoms with Crippen LogP contribution in [0.3, 0.4) is 0 Å². The molecule has 0 spiro atoms. The lowest BCUT2D eigenvalue weighted by Crippen LogP contribution is -2.24. The molecule has 6 heteroatoms. The normalized spacial score (nSPS) is 12.1. The molecule has 0 amide bonds. The van der Waals surface area contributed by atoms with E-state index >= 15 is 0 Å². The number of sulfonamides is 1. The zero-order chi connectivity index (χ0) is 10.9. The Labute approximate surface area is 81.0 Å². The number of halogens is 2. The Balaban J connectivity index is 3.48. The molecule has 14 heavy (non-hydrogen) atoms. The van der Waals surface area contributed by atoms with Gasteiger partial charge in [-0.3, -0.25) is 0 Å². The van der Waals surface area contributed by atoms with E-state index in [4.69, 9.17) is 0 Å². The summed E-state index contributed by atoms with van der Waals surface area (Å²) >= 11 is 0. The summed E-state index contributed by atoms with van der Waals surface area (Å²) in [6.07, 6.45) is 0. The van der Waals surface area contributed by atoms with Crippen molar-refractivity contribution in [1.82, 2.24) is 4.31 Å². The minimum atomic E-state index is -4.05. The monoisotopic (exact) mass is 221 g/mol. The lowest BCUT2D eigenvalue weighted by Gasteiger charge is -2.12. The van der Waals surface area contributed by atoms with Crippen LogP contribution in [0.15, 0.2) is 23.1 Å². The highest BCUT2D eigenvalue weighted by Gasteiger charge is 2.25. The van der Waals surface area contributed by atoms with Gasteiger partial charge in [-0.1, -0.05) is 6.07 Å². The first-order chi connectivity index (χ1) is 6.37. The smallest absolute Gasteiger partial charge is 0.207 e. The zero-order valence-corrected chi connectivity index (χ0v) is 8.48. The zero-order valence-electron chi connectivity index (χ0n) is 7.66. The van der Waals surface area contributed by atoms with Crippen LogP contribution in [-0.4, -0.2) is 26.8 Å². The summed E-state index contributed by atoms with van der Waals surface area (Å²) in [6, 6.07) is 2.91. The Kier molecular flexibility index (Phi) is 2.86. The summed E-state index contributed by atoms with van der Waals surface area (Å²) in [7, 11) is -1.64. The van der Waals surface area contributed by atoms with Crippen molar-refractivity contribution in [3.05, 3.63) is 29.8 Å². The molecular formula is C8H9F2NO2S. The number of hydrogen-bond donors (Lipinski definition) is 0.